The van der Waals surface area contributed by atoms with Gasteiger partial charge in [0, 0.05) is 28.3 Å². The molecule has 2 amide bonds. The van der Waals surface area contributed by atoms with Gasteiger partial charge in [0.15, 0.2) is 0 Å². The van der Waals surface area contributed by atoms with Crippen LogP contribution in [-0.4, -0.2) is 30.9 Å². The zero-order valence-electron chi connectivity index (χ0n) is 23.7. The second kappa shape index (κ2) is 14.8. The Morgan fingerprint density at radius 2 is 1.44 bits per heavy atom. The molecule has 0 spiro atoms. The van der Waals surface area contributed by atoms with Crippen molar-refractivity contribution in [3.05, 3.63) is 132 Å². The lowest BCUT2D eigenvalue weighted by atomic mass is 10.1. The quantitative estimate of drug-likeness (QED) is 0.154. The van der Waals surface area contributed by atoms with E-state index in [0.717, 1.165) is 33.8 Å². The Bertz CT molecular complexity index is 1620. The molecule has 0 aliphatic rings. The normalized spacial score (nSPS) is 11.4. The highest BCUT2D eigenvalue weighted by Crippen LogP contribution is 2.30. The molecule has 2 N–H and O–H groups in total. The summed E-state index contributed by atoms with van der Waals surface area (Å²) in [5.41, 5.74) is 4.32. The molecule has 0 radical (unpaired) electrons. The number of benzene rings is 4. The van der Waals surface area contributed by atoms with Crippen LogP contribution in [0.3, 0.4) is 0 Å². The maximum absolute atomic E-state index is 13.4. The van der Waals surface area contributed by atoms with Crippen LogP contribution in [0.4, 0.5) is 10.5 Å². The standard InChI is InChI=1S/C35H32N2O5S/c1-40-30-17-15-27(16-18-30)32-19-20-33(42-32)28-13-8-14-29(21-28)36-34(38)31(24-43-23-26-11-6-3-7-12-26)37-35(39)41-22-25-9-4-2-5-10-25/h2-21,31H,22-24H2,1H3,(H,36,38)(H,37,39)/t31-/m0/s1. The average molecular weight is 593 g/mol. The van der Waals surface area contributed by atoms with E-state index in [2.05, 4.69) is 10.6 Å². The van der Waals surface area contributed by atoms with Crippen LogP contribution in [0.5, 0.6) is 5.75 Å². The van der Waals surface area contributed by atoms with E-state index in [0.29, 0.717) is 23.0 Å². The lowest BCUT2D eigenvalue weighted by Crippen LogP contribution is -2.45. The molecule has 8 heteroatoms. The Balaban J connectivity index is 1.25. The summed E-state index contributed by atoms with van der Waals surface area (Å²) in [6.45, 7) is 0.113. The van der Waals surface area contributed by atoms with Gasteiger partial charge >= 0.3 is 6.09 Å². The molecule has 0 unspecified atom stereocenters. The van der Waals surface area contributed by atoms with Gasteiger partial charge in [-0.3, -0.25) is 4.79 Å². The van der Waals surface area contributed by atoms with Crippen LogP contribution < -0.4 is 15.4 Å². The molecular formula is C35H32N2O5S. The molecule has 4 aromatic carbocycles. The maximum Gasteiger partial charge on any atom is 0.408 e. The summed E-state index contributed by atoms with van der Waals surface area (Å²) in [7, 11) is 1.63. The van der Waals surface area contributed by atoms with Crippen molar-refractivity contribution >= 4 is 29.4 Å². The van der Waals surface area contributed by atoms with Crippen molar-refractivity contribution < 1.29 is 23.5 Å². The fourth-order valence-corrected chi connectivity index (χ4v) is 5.36. The van der Waals surface area contributed by atoms with Gasteiger partial charge in [-0.15, -0.1) is 0 Å². The number of anilines is 1. The molecule has 1 heterocycles. The van der Waals surface area contributed by atoms with Gasteiger partial charge < -0.3 is 24.5 Å². The molecule has 5 rings (SSSR count). The van der Waals surface area contributed by atoms with Gasteiger partial charge in [-0.25, -0.2) is 4.79 Å². The number of methoxy groups -OCH3 is 1. The summed E-state index contributed by atoms with van der Waals surface area (Å²) >= 11 is 1.56. The third-order valence-corrected chi connectivity index (χ3v) is 7.72. The molecule has 5 aromatic rings. The smallest absolute Gasteiger partial charge is 0.408 e. The lowest BCUT2D eigenvalue weighted by Gasteiger charge is -2.18. The summed E-state index contributed by atoms with van der Waals surface area (Å²) in [5.74, 6) is 2.89. The SMILES string of the molecule is COc1ccc(-c2ccc(-c3cccc(NC(=O)[C@H](CSCc4ccccc4)NC(=O)OCc4ccccc4)c3)o2)cc1. The van der Waals surface area contributed by atoms with E-state index in [1.54, 1.807) is 24.9 Å². The molecule has 0 aliphatic heterocycles. The van der Waals surface area contributed by atoms with E-state index >= 15 is 0 Å². The molecule has 0 saturated carbocycles. The lowest BCUT2D eigenvalue weighted by molar-refractivity contribution is -0.117. The van der Waals surface area contributed by atoms with E-state index in [4.69, 9.17) is 13.9 Å². The molecule has 7 nitrogen and oxygen atoms in total. The second-order valence-corrected chi connectivity index (χ2v) is 10.8. The highest BCUT2D eigenvalue weighted by Gasteiger charge is 2.22. The van der Waals surface area contributed by atoms with Crippen molar-refractivity contribution in [3.63, 3.8) is 0 Å². The fraction of sp³-hybridized carbons (Fsp3) is 0.143. The van der Waals surface area contributed by atoms with Crippen LogP contribution in [0, 0.1) is 0 Å². The Morgan fingerprint density at radius 3 is 2.14 bits per heavy atom. The molecule has 1 aromatic heterocycles. The molecule has 0 fully saturated rings. The number of hydrogen-bond acceptors (Lipinski definition) is 6. The zero-order valence-corrected chi connectivity index (χ0v) is 24.5. The fourth-order valence-electron chi connectivity index (χ4n) is 4.34. The molecule has 0 aliphatic carbocycles. The number of furan rings is 1. The van der Waals surface area contributed by atoms with Crippen molar-refractivity contribution in [2.24, 2.45) is 0 Å². The highest BCUT2D eigenvalue weighted by atomic mass is 32.2. The van der Waals surface area contributed by atoms with E-state index in [1.165, 1.54) is 0 Å². The van der Waals surface area contributed by atoms with E-state index in [9.17, 15) is 9.59 Å². The number of rotatable bonds is 12. The van der Waals surface area contributed by atoms with E-state index in [-0.39, 0.29) is 12.5 Å². The van der Waals surface area contributed by atoms with Crippen LogP contribution in [0.1, 0.15) is 11.1 Å². The monoisotopic (exact) mass is 592 g/mol. The maximum atomic E-state index is 13.4. The van der Waals surface area contributed by atoms with Crippen molar-refractivity contribution in [1.29, 1.82) is 0 Å². The summed E-state index contributed by atoms with van der Waals surface area (Å²) in [4.78, 5) is 26.1. The van der Waals surface area contributed by atoms with Gasteiger partial charge in [-0.05, 0) is 59.7 Å². The third-order valence-electron chi connectivity index (χ3n) is 6.61. The zero-order chi connectivity index (χ0) is 29.9. The number of carbonyl (C=O) groups is 2. The van der Waals surface area contributed by atoms with Gasteiger partial charge in [0.25, 0.3) is 0 Å². The first-order valence-corrected chi connectivity index (χ1v) is 15.0. The molecule has 218 valence electrons. The van der Waals surface area contributed by atoms with Gasteiger partial charge in [0.2, 0.25) is 5.91 Å². The van der Waals surface area contributed by atoms with Crippen LogP contribution in [-0.2, 0) is 21.9 Å². The minimum Gasteiger partial charge on any atom is -0.497 e. The average Bonchev–Trinajstić information content (AvgIpc) is 3.55. The minimum atomic E-state index is -0.814. The number of alkyl carbamates (subject to hydrolysis) is 1. The number of nitrogens with one attached hydrogen (secondary N) is 2. The molecular weight excluding hydrogens is 560 g/mol. The van der Waals surface area contributed by atoms with E-state index in [1.807, 2.05) is 115 Å². The van der Waals surface area contributed by atoms with Gasteiger partial charge in [-0.1, -0.05) is 72.8 Å². The molecule has 1 atom stereocenters. The summed E-state index contributed by atoms with van der Waals surface area (Å²) in [5, 5.41) is 5.70. The Morgan fingerprint density at radius 1 is 0.767 bits per heavy atom. The van der Waals surface area contributed by atoms with Crippen LogP contribution in [0.25, 0.3) is 22.6 Å². The summed E-state index contributed by atoms with van der Waals surface area (Å²) in [6, 6.07) is 37.4. The molecule has 43 heavy (non-hydrogen) atoms. The van der Waals surface area contributed by atoms with Crippen molar-refractivity contribution in [1.82, 2.24) is 5.32 Å². The first kappa shape index (κ1) is 29.5. The van der Waals surface area contributed by atoms with E-state index < -0.39 is 12.1 Å². The van der Waals surface area contributed by atoms with Crippen molar-refractivity contribution in [3.8, 4) is 28.4 Å². The largest absolute Gasteiger partial charge is 0.497 e. The molecule has 0 bridgehead atoms. The first-order valence-electron chi connectivity index (χ1n) is 13.8. The van der Waals surface area contributed by atoms with Crippen molar-refractivity contribution in [2.75, 3.05) is 18.2 Å². The predicted octanol–water partition coefficient (Wildman–Crippen LogP) is 7.79. The third kappa shape index (κ3) is 8.53. The summed E-state index contributed by atoms with van der Waals surface area (Å²) in [6.07, 6.45) is -0.653. The number of carbonyl (C=O) groups excluding carboxylic acids is 2. The number of amides is 2. The van der Waals surface area contributed by atoms with Gasteiger partial charge in [0.05, 0.1) is 7.11 Å². The number of ether oxygens (including phenoxy) is 2. The minimum absolute atomic E-state index is 0.113. The van der Waals surface area contributed by atoms with Crippen LogP contribution in [0.2, 0.25) is 0 Å². The number of hydrogen-bond donors (Lipinski definition) is 2. The van der Waals surface area contributed by atoms with Crippen molar-refractivity contribution in [2.45, 2.75) is 18.4 Å². The Labute approximate surface area is 255 Å². The number of thioether (sulfide) groups is 1. The summed E-state index contributed by atoms with van der Waals surface area (Å²) < 4.78 is 16.7. The van der Waals surface area contributed by atoms with Gasteiger partial charge in [0.1, 0.15) is 29.9 Å². The second-order valence-electron chi connectivity index (χ2n) is 9.72. The Hall–Kier alpha value is -4.95. The highest BCUT2D eigenvalue weighted by molar-refractivity contribution is 7.98. The van der Waals surface area contributed by atoms with Crippen LogP contribution in [0.15, 0.2) is 126 Å². The molecule has 0 saturated heterocycles. The Kier molecular flexibility index (Phi) is 10.2. The van der Waals surface area contributed by atoms with Gasteiger partial charge in [-0.2, -0.15) is 11.8 Å². The first-order chi connectivity index (χ1) is 21.1. The van der Waals surface area contributed by atoms with Crippen LogP contribution >= 0.6 is 11.8 Å². The predicted molar refractivity (Wildman–Crippen MR) is 171 cm³/mol. The topological polar surface area (TPSA) is 89.8 Å².